The molecule has 7 heteroatoms. The Labute approximate surface area is 91.0 Å². The van der Waals surface area contributed by atoms with Gasteiger partial charge in [-0.25, -0.2) is 0 Å². The highest BCUT2D eigenvalue weighted by molar-refractivity contribution is 5.83. The number of amides is 1. The summed E-state index contributed by atoms with van der Waals surface area (Å²) >= 11 is 0. The first-order valence-corrected chi connectivity index (χ1v) is 4.77. The van der Waals surface area contributed by atoms with E-state index in [4.69, 9.17) is 5.11 Å². The first-order chi connectivity index (χ1) is 7.20. The Morgan fingerprint density at radius 1 is 1.38 bits per heavy atom. The van der Waals surface area contributed by atoms with Gasteiger partial charge in [0.05, 0.1) is 0 Å². The molecule has 0 bridgehead atoms. The van der Waals surface area contributed by atoms with Gasteiger partial charge in [0, 0.05) is 6.54 Å². The van der Waals surface area contributed by atoms with Gasteiger partial charge in [-0.2, -0.15) is 13.2 Å². The number of hydrogen-bond donors (Lipinski definition) is 1. The van der Waals surface area contributed by atoms with Gasteiger partial charge in [0.1, 0.15) is 12.5 Å². The van der Waals surface area contributed by atoms with E-state index in [0.29, 0.717) is 11.3 Å². The molecule has 0 saturated carbocycles. The molecule has 1 unspecified atom stereocenters. The molecule has 94 valence electrons. The van der Waals surface area contributed by atoms with Crippen LogP contribution in [0.3, 0.4) is 0 Å². The minimum atomic E-state index is -4.64. The van der Waals surface area contributed by atoms with Crippen molar-refractivity contribution in [2.45, 2.75) is 26.4 Å². The van der Waals surface area contributed by atoms with Crippen LogP contribution < -0.4 is 0 Å². The smallest absolute Gasteiger partial charge is 0.400 e. The molecule has 0 aromatic rings. The van der Waals surface area contributed by atoms with E-state index in [1.54, 1.807) is 6.92 Å². The van der Waals surface area contributed by atoms with Gasteiger partial charge in [0.15, 0.2) is 0 Å². The van der Waals surface area contributed by atoms with Crippen molar-refractivity contribution in [3.63, 3.8) is 0 Å². The number of carboxylic acids is 1. The van der Waals surface area contributed by atoms with E-state index < -0.39 is 30.5 Å². The minimum Gasteiger partial charge on any atom is -0.480 e. The maximum atomic E-state index is 12.2. The van der Waals surface area contributed by atoms with E-state index in [1.165, 1.54) is 0 Å². The van der Waals surface area contributed by atoms with E-state index in [2.05, 4.69) is 0 Å². The molecule has 0 heterocycles. The molecule has 0 spiro atoms. The molecular formula is C9H14F3NO3. The van der Waals surface area contributed by atoms with Crippen molar-refractivity contribution in [3.05, 3.63) is 0 Å². The fourth-order valence-corrected chi connectivity index (χ4v) is 1.11. The lowest BCUT2D eigenvalue weighted by Gasteiger charge is -2.24. The number of halogens is 3. The van der Waals surface area contributed by atoms with Crippen molar-refractivity contribution in [2.75, 3.05) is 13.1 Å². The van der Waals surface area contributed by atoms with Crippen LogP contribution in [0, 0.1) is 5.92 Å². The van der Waals surface area contributed by atoms with Crippen molar-refractivity contribution >= 4 is 11.9 Å². The largest absolute Gasteiger partial charge is 0.480 e. The fraction of sp³-hybridized carbons (Fsp3) is 0.778. The lowest BCUT2D eigenvalue weighted by molar-refractivity contribution is -0.186. The standard InChI is InChI=1S/C9H14F3NO3/c1-3-4-13(5-7(14)15)8(16)6(2)9(10,11)12/h6H,3-5H2,1-2H3,(H,14,15). The van der Waals surface area contributed by atoms with Crippen LogP contribution in [0.4, 0.5) is 13.2 Å². The average Bonchev–Trinajstić information content (AvgIpc) is 2.12. The summed E-state index contributed by atoms with van der Waals surface area (Å²) < 4.78 is 36.7. The first kappa shape index (κ1) is 14.7. The quantitative estimate of drug-likeness (QED) is 0.793. The maximum absolute atomic E-state index is 12.2. The van der Waals surface area contributed by atoms with Crippen molar-refractivity contribution < 1.29 is 27.9 Å². The first-order valence-electron chi connectivity index (χ1n) is 4.77. The molecule has 0 saturated heterocycles. The highest BCUT2D eigenvalue weighted by Crippen LogP contribution is 2.27. The average molecular weight is 241 g/mol. The number of alkyl halides is 3. The van der Waals surface area contributed by atoms with Crippen LogP contribution in [0.1, 0.15) is 20.3 Å². The zero-order valence-electron chi connectivity index (χ0n) is 9.04. The summed E-state index contributed by atoms with van der Waals surface area (Å²) in [6.07, 6.45) is -4.23. The van der Waals surface area contributed by atoms with Gasteiger partial charge in [-0.3, -0.25) is 9.59 Å². The SMILES string of the molecule is CCCN(CC(=O)O)C(=O)C(C)C(F)(F)F. The summed E-state index contributed by atoms with van der Waals surface area (Å²) in [4.78, 5) is 22.5. The van der Waals surface area contributed by atoms with Crippen LogP contribution in [-0.2, 0) is 9.59 Å². The molecule has 0 fully saturated rings. The number of carboxylic acid groups (broad SMARTS) is 1. The molecule has 0 aliphatic rings. The van der Waals surface area contributed by atoms with Gasteiger partial charge in [0.2, 0.25) is 5.91 Å². The van der Waals surface area contributed by atoms with Gasteiger partial charge in [0.25, 0.3) is 0 Å². The van der Waals surface area contributed by atoms with Crippen LogP contribution in [0.15, 0.2) is 0 Å². The summed E-state index contributed by atoms with van der Waals surface area (Å²) in [6.45, 7) is 1.69. The molecule has 0 rings (SSSR count). The number of hydrogen-bond acceptors (Lipinski definition) is 2. The van der Waals surface area contributed by atoms with Gasteiger partial charge in [-0.1, -0.05) is 6.92 Å². The topological polar surface area (TPSA) is 57.6 Å². The zero-order valence-corrected chi connectivity index (χ0v) is 9.04. The number of rotatable bonds is 5. The van der Waals surface area contributed by atoms with E-state index >= 15 is 0 Å². The van der Waals surface area contributed by atoms with Crippen LogP contribution in [-0.4, -0.2) is 41.1 Å². The number of aliphatic carboxylic acids is 1. The minimum absolute atomic E-state index is 0.00551. The molecule has 4 nitrogen and oxygen atoms in total. The number of carbonyl (C=O) groups excluding carboxylic acids is 1. The van der Waals surface area contributed by atoms with Crippen molar-refractivity contribution in [3.8, 4) is 0 Å². The highest BCUT2D eigenvalue weighted by atomic mass is 19.4. The van der Waals surface area contributed by atoms with Crippen LogP contribution in [0.25, 0.3) is 0 Å². The lowest BCUT2D eigenvalue weighted by Crippen LogP contribution is -2.43. The van der Waals surface area contributed by atoms with E-state index in [0.717, 1.165) is 6.92 Å². The van der Waals surface area contributed by atoms with E-state index in [1.807, 2.05) is 0 Å². The van der Waals surface area contributed by atoms with Gasteiger partial charge in [-0.05, 0) is 13.3 Å². The van der Waals surface area contributed by atoms with Crippen LogP contribution >= 0.6 is 0 Å². The molecule has 1 N–H and O–H groups in total. The second kappa shape index (κ2) is 5.72. The van der Waals surface area contributed by atoms with Crippen molar-refractivity contribution in [2.24, 2.45) is 5.92 Å². The molecule has 1 amide bonds. The molecule has 0 aromatic heterocycles. The third kappa shape index (κ3) is 4.50. The normalized spacial score (nSPS) is 13.3. The molecule has 1 atom stereocenters. The third-order valence-corrected chi connectivity index (χ3v) is 1.99. The third-order valence-electron chi connectivity index (χ3n) is 1.99. The Morgan fingerprint density at radius 3 is 2.19 bits per heavy atom. The monoisotopic (exact) mass is 241 g/mol. The van der Waals surface area contributed by atoms with Crippen LogP contribution in [0.5, 0.6) is 0 Å². The second-order valence-corrected chi connectivity index (χ2v) is 3.42. The van der Waals surface area contributed by atoms with Gasteiger partial charge >= 0.3 is 12.1 Å². The van der Waals surface area contributed by atoms with Gasteiger partial charge < -0.3 is 10.0 Å². The predicted octanol–water partition coefficient (Wildman–Crippen LogP) is 1.51. The Balaban J connectivity index is 4.67. The summed E-state index contributed by atoms with van der Waals surface area (Å²) in [5, 5.41) is 8.47. The fourth-order valence-electron chi connectivity index (χ4n) is 1.11. The molecule has 0 aliphatic heterocycles. The Hall–Kier alpha value is -1.27. The number of carbonyl (C=O) groups is 2. The summed E-state index contributed by atoms with van der Waals surface area (Å²) in [7, 11) is 0. The molecule has 0 radical (unpaired) electrons. The van der Waals surface area contributed by atoms with Gasteiger partial charge in [-0.15, -0.1) is 0 Å². The summed E-state index contributed by atoms with van der Waals surface area (Å²) in [6, 6.07) is 0. The zero-order chi connectivity index (χ0) is 12.9. The molecule has 0 aromatic carbocycles. The van der Waals surface area contributed by atoms with E-state index in [-0.39, 0.29) is 6.54 Å². The summed E-state index contributed by atoms with van der Waals surface area (Å²) in [5.41, 5.74) is 0. The number of nitrogens with zero attached hydrogens (tertiary/aromatic N) is 1. The Morgan fingerprint density at radius 2 is 1.88 bits per heavy atom. The Kier molecular flexibility index (Phi) is 5.26. The predicted molar refractivity (Wildman–Crippen MR) is 49.7 cm³/mol. The Bertz CT molecular complexity index is 265. The van der Waals surface area contributed by atoms with Crippen molar-refractivity contribution in [1.29, 1.82) is 0 Å². The highest BCUT2D eigenvalue weighted by Gasteiger charge is 2.43. The second-order valence-electron chi connectivity index (χ2n) is 3.42. The molecule has 0 aliphatic carbocycles. The van der Waals surface area contributed by atoms with E-state index in [9.17, 15) is 22.8 Å². The molecular weight excluding hydrogens is 227 g/mol. The molecule has 16 heavy (non-hydrogen) atoms. The maximum Gasteiger partial charge on any atom is 0.400 e. The van der Waals surface area contributed by atoms with Crippen LogP contribution in [0.2, 0.25) is 0 Å². The summed E-state index contributed by atoms with van der Waals surface area (Å²) in [5.74, 6) is -4.69. The lowest BCUT2D eigenvalue weighted by atomic mass is 10.1. The van der Waals surface area contributed by atoms with Crippen molar-refractivity contribution in [1.82, 2.24) is 4.90 Å².